The van der Waals surface area contributed by atoms with Gasteiger partial charge in [-0.1, -0.05) is 0 Å². The van der Waals surface area contributed by atoms with Gasteiger partial charge in [-0.15, -0.1) is 0 Å². The van der Waals surface area contributed by atoms with Crippen molar-refractivity contribution in [2.75, 3.05) is 20.7 Å². The number of nitrogens with zero attached hydrogens (tertiary/aromatic N) is 1. The van der Waals surface area contributed by atoms with Crippen molar-refractivity contribution in [3.63, 3.8) is 0 Å². The summed E-state index contributed by atoms with van der Waals surface area (Å²) in [7, 11) is -0.953. The first-order valence-electron chi connectivity index (χ1n) is 5.23. The fraction of sp³-hybridized carbons (Fsp3) is 0.500. The molecule has 0 fully saturated rings. The number of amides is 1. The van der Waals surface area contributed by atoms with Crippen LogP contribution >= 0.6 is 0 Å². The summed E-state index contributed by atoms with van der Waals surface area (Å²) < 4.78 is 29.4. The topological polar surface area (TPSA) is 99.8 Å². The zero-order chi connectivity index (χ0) is 13.9. The number of nitrogens with one attached hydrogen (secondary N) is 1. The highest BCUT2D eigenvalue weighted by atomic mass is 32.2. The van der Waals surface area contributed by atoms with E-state index in [1.807, 2.05) is 0 Å². The van der Waals surface area contributed by atoms with Crippen LogP contribution in [0.2, 0.25) is 0 Å². The maximum absolute atomic E-state index is 11.7. The molecule has 0 radical (unpaired) electrons. The minimum atomic E-state index is -3.69. The monoisotopic (exact) mass is 276 g/mol. The first-order valence-corrected chi connectivity index (χ1v) is 6.67. The van der Waals surface area contributed by atoms with E-state index in [-0.39, 0.29) is 17.5 Å². The SMILES string of the molecule is C[C@@H](CO)NC(=O)c1ccc(S(=O)(=O)N(C)C)o1. The van der Waals surface area contributed by atoms with Crippen molar-refractivity contribution < 1.29 is 22.7 Å². The average molecular weight is 276 g/mol. The number of rotatable bonds is 5. The number of hydrogen-bond acceptors (Lipinski definition) is 5. The summed E-state index contributed by atoms with van der Waals surface area (Å²) in [6, 6.07) is 2.06. The van der Waals surface area contributed by atoms with E-state index in [0.29, 0.717) is 0 Å². The van der Waals surface area contributed by atoms with E-state index in [0.717, 1.165) is 4.31 Å². The average Bonchev–Trinajstić information content (AvgIpc) is 2.78. The van der Waals surface area contributed by atoms with Crippen LogP contribution in [-0.4, -0.2) is 50.5 Å². The molecule has 1 atom stereocenters. The van der Waals surface area contributed by atoms with Crippen molar-refractivity contribution in [1.82, 2.24) is 9.62 Å². The van der Waals surface area contributed by atoms with Gasteiger partial charge in [0.05, 0.1) is 6.61 Å². The molecule has 0 saturated heterocycles. The standard InChI is InChI=1S/C10H16N2O5S/c1-7(6-13)11-10(14)8-4-5-9(17-8)18(15,16)12(2)3/h4-5,7,13H,6H2,1-3H3,(H,11,14)/t7-/m0/s1. The first kappa shape index (κ1) is 14.7. The molecule has 8 heteroatoms. The van der Waals surface area contributed by atoms with Crippen LogP contribution in [0.1, 0.15) is 17.5 Å². The molecular formula is C10H16N2O5S. The Labute approximate surface area is 105 Å². The number of aliphatic hydroxyl groups is 1. The van der Waals surface area contributed by atoms with Gasteiger partial charge >= 0.3 is 0 Å². The molecule has 1 rings (SSSR count). The van der Waals surface area contributed by atoms with E-state index in [9.17, 15) is 13.2 Å². The fourth-order valence-corrected chi connectivity index (χ4v) is 1.90. The summed E-state index contributed by atoms with van der Waals surface area (Å²) in [5.74, 6) is -0.688. The Morgan fingerprint density at radius 3 is 2.61 bits per heavy atom. The maximum Gasteiger partial charge on any atom is 0.287 e. The van der Waals surface area contributed by atoms with Crippen LogP contribution in [0.3, 0.4) is 0 Å². The van der Waals surface area contributed by atoms with Crippen molar-refractivity contribution in [3.8, 4) is 0 Å². The van der Waals surface area contributed by atoms with Crippen LogP contribution in [0.4, 0.5) is 0 Å². The van der Waals surface area contributed by atoms with Crippen molar-refractivity contribution in [2.45, 2.75) is 18.1 Å². The number of carbonyl (C=O) groups is 1. The molecule has 0 spiro atoms. The summed E-state index contributed by atoms with van der Waals surface area (Å²) in [4.78, 5) is 11.6. The van der Waals surface area contributed by atoms with Gasteiger partial charge in [-0.2, -0.15) is 0 Å². The predicted octanol–water partition coefficient (Wildman–Crippen LogP) is -0.359. The van der Waals surface area contributed by atoms with Crippen LogP contribution < -0.4 is 5.32 Å². The molecular weight excluding hydrogens is 260 g/mol. The molecule has 0 aromatic carbocycles. The lowest BCUT2D eigenvalue weighted by atomic mass is 10.3. The van der Waals surface area contributed by atoms with Gasteiger partial charge in [0.15, 0.2) is 5.76 Å². The second kappa shape index (κ2) is 5.51. The van der Waals surface area contributed by atoms with Crippen LogP contribution in [0.25, 0.3) is 0 Å². The molecule has 1 amide bonds. The summed E-state index contributed by atoms with van der Waals surface area (Å²) >= 11 is 0. The van der Waals surface area contributed by atoms with E-state index in [1.54, 1.807) is 6.92 Å². The lowest BCUT2D eigenvalue weighted by Gasteiger charge is -2.09. The third kappa shape index (κ3) is 3.09. The van der Waals surface area contributed by atoms with Gasteiger partial charge in [0.2, 0.25) is 5.09 Å². The number of aliphatic hydroxyl groups excluding tert-OH is 1. The molecule has 1 aromatic heterocycles. The minimum absolute atomic E-state index is 0.115. The fourth-order valence-electron chi connectivity index (χ4n) is 1.10. The van der Waals surface area contributed by atoms with Crippen LogP contribution in [-0.2, 0) is 10.0 Å². The van der Waals surface area contributed by atoms with Crippen LogP contribution in [0.15, 0.2) is 21.6 Å². The quantitative estimate of drug-likeness (QED) is 0.765. The molecule has 0 aliphatic heterocycles. The highest BCUT2D eigenvalue weighted by Gasteiger charge is 2.23. The number of furan rings is 1. The van der Waals surface area contributed by atoms with Gasteiger partial charge in [0, 0.05) is 20.1 Å². The van der Waals surface area contributed by atoms with Gasteiger partial charge in [-0.3, -0.25) is 4.79 Å². The van der Waals surface area contributed by atoms with E-state index in [2.05, 4.69) is 5.32 Å². The van der Waals surface area contributed by atoms with E-state index >= 15 is 0 Å². The third-order valence-corrected chi connectivity index (χ3v) is 3.88. The maximum atomic E-state index is 11.7. The molecule has 2 N–H and O–H groups in total. The third-order valence-electron chi connectivity index (χ3n) is 2.19. The molecule has 0 bridgehead atoms. The zero-order valence-electron chi connectivity index (χ0n) is 10.4. The largest absolute Gasteiger partial charge is 0.438 e. The van der Waals surface area contributed by atoms with Crippen molar-refractivity contribution >= 4 is 15.9 Å². The van der Waals surface area contributed by atoms with Gasteiger partial charge < -0.3 is 14.8 Å². The Hall–Kier alpha value is -1.38. The van der Waals surface area contributed by atoms with Crippen molar-refractivity contribution in [1.29, 1.82) is 0 Å². The summed E-state index contributed by atoms with van der Waals surface area (Å²) in [5, 5.41) is 10.9. The lowest BCUT2D eigenvalue weighted by Crippen LogP contribution is -2.34. The highest BCUT2D eigenvalue weighted by molar-refractivity contribution is 7.88. The Bertz CT molecular complexity index is 520. The lowest BCUT2D eigenvalue weighted by molar-refractivity contribution is 0.0889. The summed E-state index contributed by atoms with van der Waals surface area (Å²) in [5.41, 5.74) is 0. The van der Waals surface area contributed by atoms with E-state index < -0.39 is 22.0 Å². The molecule has 0 unspecified atom stereocenters. The van der Waals surface area contributed by atoms with Crippen molar-refractivity contribution in [2.24, 2.45) is 0 Å². The normalized spacial score (nSPS) is 13.6. The van der Waals surface area contributed by atoms with Gasteiger partial charge in [0.25, 0.3) is 15.9 Å². The molecule has 102 valence electrons. The molecule has 1 aromatic rings. The molecule has 7 nitrogen and oxygen atoms in total. The zero-order valence-corrected chi connectivity index (χ0v) is 11.2. The molecule has 0 aliphatic rings. The highest BCUT2D eigenvalue weighted by Crippen LogP contribution is 2.16. The molecule has 0 aliphatic carbocycles. The van der Waals surface area contributed by atoms with E-state index in [1.165, 1.54) is 26.2 Å². The van der Waals surface area contributed by atoms with Gasteiger partial charge in [0.1, 0.15) is 0 Å². The molecule has 18 heavy (non-hydrogen) atoms. The molecule has 1 heterocycles. The van der Waals surface area contributed by atoms with Gasteiger partial charge in [-0.05, 0) is 19.1 Å². The Balaban J connectivity index is 2.91. The second-order valence-electron chi connectivity index (χ2n) is 3.96. The predicted molar refractivity (Wildman–Crippen MR) is 63.6 cm³/mol. The summed E-state index contributed by atoms with van der Waals surface area (Å²) in [6.07, 6.45) is 0. The van der Waals surface area contributed by atoms with Crippen LogP contribution in [0, 0.1) is 0 Å². The van der Waals surface area contributed by atoms with Crippen molar-refractivity contribution in [3.05, 3.63) is 17.9 Å². The molecule has 0 saturated carbocycles. The Morgan fingerprint density at radius 2 is 2.11 bits per heavy atom. The number of carbonyl (C=O) groups excluding carboxylic acids is 1. The first-order chi connectivity index (χ1) is 8.28. The summed E-state index contributed by atoms with van der Waals surface area (Å²) in [6.45, 7) is 1.40. The Morgan fingerprint density at radius 1 is 1.50 bits per heavy atom. The van der Waals surface area contributed by atoms with Crippen LogP contribution in [0.5, 0.6) is 0 Å². The number of sulfonamides is 1. The Kier molecular flexibility index (Phi) is 4.49. The van der Waals surface area contributed by atoms with E-state index in [4.69, 9.17) is 9.52 Å². The second-order valence-corrected chi connectivity index (χ2v) is 6.05. The van der Waals surface area contributed by atoms with Gasteiger partial charge in [-0.25, -0.2) is 12.7 Å². The minimum Gasteiger partial charge on any atom is -0.438 e. The smallest absolute Gasteiger partial charge is 0.287 e. The number of hydrogen-bond donors (Lipinski definition) is 2.